The van der Waals surface area contributed by atoms with Crippen molar-refractivity contribution >= 4 is 6.09 Å². The van der Waals surface area contributed by atoms with Crippen LogP contribution in [-0.4, -0.2) is 39.1 Å². The molecule has 1 fully saturated rings. The average molecular weight is 278 g/mol. The van der Waals surface area contributed by atoms with Crippen LogP contribution in [0.1, 0.15) is 45.3 Å². The number of rotatable bonds is 1. The molecule has 110 valence electrons. The number of ether oxygens (including phenoxy) is 1. The van der Waals surface area contributed by atoms with E-state index in [0.29, 0.717) is 6.54 Å². The van der Waals surface area contributed by atoms with Gasteiger partial charge in [0.15, 0.2) is 0 Å². The Bertz CT molecular complexity index is 458. The maximum atomic E-state index is 12.3. The first-order chi connectivity index (χ1) is 9.38. The first-order valence-electron chi connectivity index (χ1n) is 6.89. The van der Waals surface area contributed by atoms with Crippen molar-refractivity contribution in [3.05, 3.63) is 24.3 Å². The molecule has 0 bridgehead atoms. The van der Waals surface area contributed by atoms with Gasteiger partial charge in [-0.25, -0.2) is 14.8 Å². The second-order valence-electron chi connectivity index (χ2n) is 6.06. The molecule has 1 aromatic rings. The summed E-state index contributed by atoms with van der Waals surface area (Å²) in [6.45, 7) is 6.20. The molecule has 2 heterocycles. The molecule has 0 radical (unpaired) electrons. The second kappa shape index (κ2) is 5.75. The van der Waals surface area contributed by atoms with Crippen molar-refractivity contribution in [2.75, 3.05) is 6.54 Å². The number of carbonyl (C=O) groups excluding carboxylic acids is 1. The summed E-state index contributed by atoms with van der Waals surface area (Å²) < 4.78 is 5.47. The highest BCUT2D eigenvalue weighted by Gasteiger charge is 2.36. The number of nitrogens with two attached hydrogens (primary N) is 1. The first kappa shape index (κ1) is 14.7. The Kier molecular flexibility index (Phi) is 4.23. The lowest BCUT2D eigenvalue weighted by Gasteiger charge is -2.39. The molecule has 1 aromatic heterocycles. The second-order valence-corrected chi connectivity index (χ2v) is 6.06. The minimum absolute atomic E-state index is 0.133. The summed E-state index contributed by atoms with van der Waals surface area (Å²) in [6.07, 6.45) is 4.55. The monoisotopic (exact) mass is 278 g/mol. The van der Waals surface area contributed by atoms with Gasteiger partial charge in [-0.15, -0.1) is 0 Å². The number of carbonyl (C=O) groups is 1. The highest BCUT2D eigenvalue weighted by Crippen LogP contribution is 2.30. The van der Waals surface area contributed by atoms with E-state index in [9.17, 15) is 4.79 Å². The van der Waals surface area contributed by atoms with Crippen molar-refractivity contribution in [2.45, 2.75) is 51.3 Å². The summed E-state index contributed by atoms with van der Waals surface area (Å²) in [5, 5.41) is 0. The van der Waals surface area contributed by atoms with E-state index in [0.717, 1.165) is 18.5 Å². The van der Waals surface area contributed by atoms with Crippen molar-refractivity contribution in [3.63, 3.8) is 0 Å². The zero-order valence-electron chi connectivity index (χ0n) is 12.2. The van der Waals surface area contributed by atoms with Gasteiger partial charge >= 0.3 is 6.09 Å². The molecule has 0 aromatic carbocycles. The smallest absolute Gasteiger partial charge is 0.410 e. The van der Waals surface area contributed by atoms with Crippen LogP contribution in [0.15, 0.2) is 18.6 Å². The highest BCUT2D eigenvalue weighted by molar-refractivity contribution is 5.69. The topological polar surface area (TPSA) is 81.3 Å². The van der Waals surface area contributed by atoms with E-state index in [4.69, 9.17) is 10.5 Å². The van der Waals surface area contributed by atoms with Gasteiger partial charge < -0.3 is 10.5 Å². The number of amides is 1. The van der Waals surface area contributed by atoms with E-state index >= 15 is 0 Å². The van der Waals surface area contributed by atoms with Gasteiger partial charge in [-0.1, -0.05) is 0 Å². The third-order valence-electron chi connectivity index (χ3n) is 3.21. The molecular formula is C14H22N4O2. The number of hydrogen-bond acceptors (Lipinski definition) is 5. The van der Waals surface area contributed by atoms with Crippen molar-refractivity contribution in [3.8, 4) is 0 Å². The first-order valence-corrected chi connectivity index (χ1v) is 6.89. The molecule has 0 aliphatic carbocycles. The third-order valence-corrected chi connectivity index (χ3v) is 3.21. The maximum absolute atomic E-state index is 12.3. The van der Waals surface area contributed by atoms with E-state index in [1.54, 1.807) is 17.2 Å². The predicted molar refractivity (Wildman–Crippen MR) is 74.9 cm³/mol. The van der Waals surface area contributed by atoms with Gasteiger partial charge in [0.05, 0.1) is 11.7 Å². The zero-order valence-corrected chi connectivity index (χ0v) is 12.2. The molecule has 2 rings (SSSR count). The van der Waals surface area contributed by atoms with E-state index in [-0.39, 0.29) is 18.2 Å². The fourth-order valence-corrected chi connectivity index (χ4v) is 2.41. The fourth-order valence-electron chi connectivity index (χ4n) is 2.41. The molecule has 0 spiro atoms. The van der Waals surface area contributed by atoms with Crippen LogP contribution >= 0.6 is 0 Å². The van der Waals surface area contributed by atoms with Crippen LogP contribution in [0.3, 0.4) is 0 Å². The lowest BCUT2D eigenvalue weighted by molar-refractivity contribution is 0.00586. The van der Waals surface area contributed by atoms with Crippen LogP contribution in [0.25, 0.3) is 0 Å². The maximum Gasteiger partial charge on any atom is 0.410 e. The van der Waals surface area contributed by atoms with Gasteiger partial charge in [0.2, 0.25) is 0 Å². The number of hydrogen-bond donors (Lipinski definition) is 1. The Morgan fingerprint density at radius 3 is 2.85 bits per heavy atom. The number of aromatic nitrogens is 2. The normalized spacial score (nSPS) is 23.5. The lowest BCUT2D eigenvalue weighted by Crippen LogP contribution is -2.50. The summed E-state index contributed by atoms with van der Waals surface area (Å²) >= 11 is 0. The van der Waals surface area contributed by atoms with Crippen LogP contribution in [0, 0.1) is 0 Å². The van der Waals surface area contributed by atoms with Crippen molar-refractivity contribution in [1.29, 1.82) is 0 Å². The van der Waals surface area contributed by atoms with Gasteiger partial charge in [-0.3, -0.25) is 4.90 Å². The summed E-state index contributed by atoms with van der Waals surface area (Å²) in [5.74, 6) is 0. The van der Waals surface area contributed by atoms with Crippen molar-refractivity contribution < 1.29 is 9.53 Å². The minimum Gasteiger partial charge on any atom is -0.444 e. The van der Waals surface area contributed by atoms with E-state index in [2.05, 4.69) is 9.97 Å². The largest absolute Gasteiger partial charge is 0.444 e. The van der Waals surface area contributed by atoms with Crippen LogP contribution in [0.2, 0.25) is 0 Å². The number of likely N-dealkylation sites (tertiary alicyclic amines) is 1. The molecule has 6 nitrogen and oxygen atoms in total. The Labute approximate surface area is 119 Å². The number of nitrogens with zero attached hydrogens (tertiary/aromatic N) is 3. The van der Waals surface area contributed by atoms with Crippen LogP contribution in [-0.2, 0) is 4.74 Å². The fraction of sp³-hybridized carbons (Fsp3) is 0.643. The third kappa shape index (κ3) is 3.45. The highest BCUT2D eigenvalue weighted by atomic mass is 16.6. The Balaban J connectivity index is 2.23. The van der Waals surface area contributed by atoms with Gasteiger partial charge in [-0.05, 0) is 39.7 Å². The molecule has 6 heteroatoms. The quantitative estimate of drug-likeness (QED) is 0.848. The van der Waals surface area contributed by atoms with E-state index in [1.807, 2.05) is 20.8 Å². The number of piperidine rings is 1. The molecular weight excluding hydrogens is 256 g/mol. The Morgan fingerprint density at radius 2 is 2.25 bits per heavy atom. The molecule has 1 amide bonds. The summed E-state index contributed by atoms with van der Waals surface area (Å²) in [5.41, 5.74) is 6.44. The predicted octanol–water partition coefficient (Wildman–Crippen LogP) is 1.88. The standard InChI is InChI=1S/C14H22N4O2/c1-14(2,3)20-13(19)18-8-4-5-10(15)12(18)11-6-7-16-9-17-11/h6-7,9-10,12H,4-5,8,15H2,1-3H3/t10-,12-/m1/s1. The Morgan fingerprint density at radius 1 is 1.50 bits per heavy atom. The summed E-state index contributed by atoms with van der Waals surface area (Å²) in [4.78, 5) is 22.2. The van der Waals surface area contributed by atoms with Gasteiger partial charge in [0, 0.05) is 18.8 Å². The molecule has 1 aliphatic heterocycles. The molecule has 1 saturated heterocycles. The van der Waals surface area contributed by atoms with Crippen LogP contribution in [0.5, 0.6) is 0 Å². The molecule has 1 aliphatic rings. The summed E-state index contributed by atoms with van der Waals surface area (Å²) in [6, 6.07) is 1.42. The van der Waals surface area contributed by atoms with Crippen LogP contribution < -0.4 is 5.73 Å². The lowest BCUT2D eigenvalue weighted by atomic mass is 9.94. The van der Waals surface area contributed by atoms with Crippen molar-refractivity contribution in [1.82, 2.24) is 14.9 Å². The summed E-state index contributed by atoms with van der Waals surface area (Å²) in [7, 11) is 0. The van der Waals surface area contributed by atoms with Crippen molar-refractivity contribution in [2.24, 2.45) is 5.73 Å². The van der Waals surface area contributed by atoms with E-state index in [1.165, 1.54) is 6.33 Å². The van der Waals surface area contributed by atoms with Gasteiger partial charge in [-0.2, -0.15) is 0 Å². The van der Waals surface area contributed by atoms with Gasteiger partial charge in [0.1, 0.15) is 11.9 Å². The van der Waals surface area contributed by atoms with Gasteiger partial charge in [0.25, 0.3) is 0 Å². The molecule has 20 heavy (non-hydrogen) atoms. The molecule has 0 unspecified atom stereocenters. The molecule has 2 atom stereocenters. The molecule has 2 N–H and O–H groups in total. The average Bonchev–Trinajstić information content (AvgIpc) is 2.37. The Hall–Kier alpha value is -1.69. The minimum atomic E-state index is -0.519. The van der Waals surface area contributed by atoms with Crippen LogP contribution in [0.4, 0.5) is 4.79 Å². The SMILES string of the molecule is CC(C)(C)OC(=O)N1CCC[C@@H](N)[C@@H]1c1ccncn1. The zero-order chi connectivity index (χ0) is 14.8. The molecule has 0 saturated carbocycles. The van der Waals surface area contributed by atoms with E-state index < -0.39 is 5.60 Å².